The third-order valence-electron chi connectivity index (χ3n) is 2.29. The first-order chi connectivity index (χ1) is 5.81. The highest BCUT2D eigenvalue weighted by Gasteiger charge is 2.11. The van der Waals surface area contributed by atoms with Crippen LogP contribution in [0.3, 0.4) is 0 Å². The third-order valence-corrected chi connectivity index (χ3v) is 2.89. The van der Waals surface area contributed by atoms with Gasteiger partial charge in [-0.2, -0.15) is 0 Å². The summed E-state index contributed by atoms with van der Waals surface area (Å²) in [5.41, 5.74) is 5.79. The Labute approximate surface area is 81.4 Å². The predicted octanol–water partition coefficient (Wildman–Crippen LogP) is 3.54. The number of allylic oxidation sites excluding steroid dienone is 1. The van der Waals surface area contributed by atoms with Gasteiger partial charge < -0.3 is 0 Å². The van der Waals surface area contributed by atoms with Crippen LogP contribution in [0.2, 0.25) is 0 Å². The van der Waals surface area contributed by atoms with Gasteiger partial charge in [0.25, 0.3) is 0 Å². The van der Waals surface area contributed by atoms with E-state index in [2.05, 4.69) is 47.1 Å². The maximum absolute atomic E-state index is 3.50. The second-order valence-electron chi connectivity index (χ2n) is 3.29. The van der Waals surface area contributed by atoms with E-state index in [1.807, 2.05) is 0 Å². The number of alkyl halides is 1. The smallest absolute Gasteiger partial charge is 0.0289 e. The van der Waals surface area contributed by atoms with Crippen LogP contribution in [0.1, 0.15) is 23.6 Å². The van der Waals surface area contributed by atoms with Crippen molar-refractivity contribution in [3.05, 3.63) is 40.5 Å². The number of fused-ring (bicyclic) bond motifs is 1. The Bertz CT molecular complexity index is 337. The van der Waals surface area contributed by atoms with E-state index in [0.29, 0.717) is 0 Å². The van der Waals surface area contributed by atoms with Gasteiger partial charge in [-0.3, -0.25) is 0 Å². The lowest BCUT2D eigenvalue weighted by Crippen LogP contribution is -1.87. The molecule has 0 fully saturated rings. The minimum Gasteiger partial charge on any atom is -0.0876 e. The van der Waals surface area contributed by atoms with Crippen LogP contribution in [0, 0.1) is 0 Å². The molecule has 0 heterocycles. The van der Waals surface area contributed by atoms with E-state index in [1.165, 1.54) is 22.3 Å². The molecule has 12 heavy (non-hydrogen) atoms. The van der Waals surface area contributed by atoms with Crippen LogP contribution in [-0.4, -0.2) is 0 Å². The Balaban J connectivity index is 2.55. The van der Waals surface area contributed by atoms with E-state index < -0.39 is 0 Å². The molecular weight excluding hydrogens is 212 g/mol. The number of benzene rings is 1. The van der Waals surface area contributed by atoms with Crippen molar-refractivity contribution >= 4 is 22.0 Å². The molecule has 0 nitrogen and oxygen atoms in total. The van der Waals surface area contributed by atoms with Crippen molar-refractivity contribution in [2.24, 2.45) is 0 Å². The molecule has 0 aliphatic heterocycles. The van der Waals surface area contributed by atoms with Crippen LogP contribution in [-0.2, 0) is 11.8 Å². The second-order valence-corrected chi connectivity index (χ2v) is 3.85. The quantitative estimate of drug-likeness (QED) is 0.638. The summed E-state index contributed by atoms with van der Waals surface area (Å²) in [6.45, 7) is 2.19. The fourth-order valence-corrected chi connectivity index (χ4v) is 2.21. The fourth-order valence-electron chi connectivity index (χ4n) is 1.72. The van der Waals surface area contributed by atoms with Crippen molar-refractivity contribution in [3.8, 4) is 0 Å². The Hall–Kier alpha value is -0.560. The highest BCUT2D eigenvalue weighted by molar-refractivity contribution is 9.08. The van der Waals surface area contributed by atoms with E-state index in [4.69, 9.17) is 0 Å². The molecule has 0 aromatic heterocycles. The molecule has 0 saturated heterocycles. The Morgan fingerprint density at radius 2 is 2.25 bits per heavy atom. The molecule has 0 unspecified atom stereocenters. The fraction of sp³-hybridized carbons (Fsp3) is 0.273. The average molecular weight is 223 g/mol. The van der Waals surface area contributed by atoms with Gasteiger partial charge in [-0.1, -0.05) is 45.8 Å². The van der Waals surface area contributed by atoms with Gasteiger partial charge in [-0.25, -0.2) is 0 Å². The zero-order chi connectivity index (χ0) is 8.55. The van der Waals surface area contributed by atoms with E-state index in [-0.39, 0.29) is 0 Å². The van der Waals surface area contributed by atoms with Gasteiger partial charge in [-0.15, -0.1) is 0 Å². The Morgan fingerprint density at radius 3 is 3.00 bits per heavy atom. The first-order valence-electron chi connectivity index (χ1n) is 4.15. The zero-order valence-electron chi connectivity index (χ0n) is 7.10. The van der Waals surface area contributed by atoms with E-state index in [1.54, 1.807) is 0 Å². The van der Waals surface area contributed by atoms with E-state index in [0.717, 1.165) is 11.8 Å². The van der Waals surface area contributed by atoms with Gasteiger partial charge in [0.15, 0.2) is 0 Å². The summed E-state index contributed by atoms with van der Waals surface area (Å²) in [4.78, 5) is 0. The molecular formula is C11H11Br. The van der Waals surface area contributed by atoms with Crippen molar-refractivity contribution in [2.75, 3.05) is 0 Å². The van der Waals surface area contributed by atoms with Gasteiger partial charge in [0, 0.05) is 5.33 Å². The summed E-state index contributed by atoms with van der Waals surface area (Å²) in [6.07, 6.45) is 3.43. The maximum Gasteiger partial charge on any atom is 0.0289 e. The summed E-state index contributed by atoms with van der Waals surface area (Å²) in [5, 5.41) is 0.958. The van der Waals surface area contributed by atoms with Crippen molar-refractivity contribution in [2.45, 2.75) is 18.7 Å². The standard InChI is InChI=1S/C11H11Br/c1-8-5-9-3-2-4-10(7-12)11(9)6-8/h2-4,6H,5,7H2,1H3. The van der Waals surface area contributed by atoms with Crippen LogP contribution in [0.4, 0.5) is 0 Å². The number of hydrogen-bond acceptors (Lipinski definition) is 0. The minimum absolute atomic E-state index is 0.958. The normalized spacial score (nSPS) is 14.3. The minimum atomic E-state index is 0.958. The highest BCUT2D eigenvalue weighted by atomic mass is 79.9. The lowest BCUT2D eigenvalue weighted by molar-refractivity contribution is 1.19. The molecule has 1 aliphatic rings. The molecule has 0 radical (unpaired) electrons. The molecule has 0 amide bonds. The first kappa shape index (κ1) is 8.06. The molecule has 1 aromatic rings. The van der Waals surface area contributed by atoms with Gasteiger partial charge >= 0.3 is 0 Å². The molecule has 0 N–H and O–H groups in total. The summed E-state index contributed by atoms with van der Waals surface area (Å²) >= 11 is 3.50. The van der Waals surface area contributed by atoms with Gasteiger partial charge in [0.05, 0.1) is 0 Å². The number of rotatable bonds is 1. The van der Waals surface area contributed by atoms with Gasteiger partial charge in [-0.05, 0) is 30.0 Å². The Kier molecular flexibility index (Phi) is 2.05. The molecule has 0 atom stereocenters. The van der Waals surface area contributed by atoms with Crippen molar-refractivity contribution < 1.29 is 0 Å². The summed E-state index contributed by atoms with van der Waals surface area (Å²) in [7, 11) is 0. The van der Waals surface area contributed by atoms with Crippen LogP contribution < -0.4 is 0 Å². The van der Waals surface area contributed by atoms with Crippen molar-refractivity contribution in [1.82, 2.24) is 0 Å². The van der Waals surface area contributed by atoms with Gasteiger partial charge in [0.2, 0.25) is 0 Å². The van der Waals surface area contributed by atoms with Gasteiger partial charge in [0.1, 0.15) is 0 Å². The number of halogens is 1. The molecule has 1 aromatic carbocycles. The molecule has 1 aliphatic carbocycles. The molecule has 0 bridgehead atoms. The maximum atomic E-state index is 3.50. The average Bonchev–Trinajstić information content (AvgIpc) is 2.44. The van der Waals surface area contributed by atoms with E-state index >= 15 is 0 Å². The molecule has 0 spiro atoms. The monoisotopic (exact) mass is 222 g/mol. The van der Waals surface area contributed by atoms with Crippen molar-refractivity contribution in [3.63, 3.8) is 0 Å². The van der Waals surface area contributed by atoms with Crippen LogP contribution in [0.5, 0.6) is 0 Å². The van der Waals surface area contributed by atoms with Crippen LogP contribution in [0.15, 0.2) is 23.8 Å². The first-order valence-corrected chi connectivity index (χ1v) is 5.27. The van der Waals surface area contributed by atoms with Crippen molar-refractivity contribution in [1.29, 1.82) is 0 Å². The van der Waals surface area contributed by atoms with E-state index in [9.17, 15) is 0 Å². The molecule has 0 saturated carbocycles. The SMILES string of the molecule is CC1=Cc2c(CBr)cccc2C1. The largest absolute Gasteiger partial charge is 0.0876 e. The molecule has 2 rings (SSSR count). The lowest BCUT2D eigenvalue weighted by Gasteiger charge is -2.02. The predicted molar refractivity (Wildman–Crippen MR) is 56.4 cm³/mol. The molecule has 1 heteroatoms. The summed E-state index contributed by atoms with van der Waals surface area (Å²) in [6, 6.07) is 6.54. The van der Waals surface area contributed by atoms with Crippen LogP contribution >= 0.6 is 15.9 Å². The second kappa shape index (κ2) is 3.06. The highest BCUT2D eigenvalue weighted by Crippen LogP contribution is 2.28. The summed E-state index contributed by atoms with van der Waals surface area (Å²) < 4.78 is 0. The number of hydrogen-bond donors (Lipinski definition) is 0. The van der Waals surface area contributed by atoms with Crippen LogP contribution in [0.25, 0.3) is 6.08 Å². The Morgan fingerprint density at radius 1 is 1.42 bits per heavy atom. The molecule has 62 valence electrons. The zero-order valence-corrected chi connectivity index (χ0v) is 8.69. The topological polar surface area (TPSA) is 0 Å². The third kappa shape index (κ3) is 1.22. The summed E-state index contributed by atoms with van der Waals surface area (Å²) in [5.74, 6) is 0. The lowest BCUT2D eigenvalue weighted by atomic mass is 10.1.